The van der Waals surface area contributed by atoms with Crippen molar-refractivity contribution in [3.8, 4) is 0 Å². The van der Waals surface area contributed by atoms with Crippen LogP contribution >= 0.6 is 11.6 Å². The predicted octanol–water partition coefficient (Wildman–Crippen LogP) is 1.71. The molecule has 2 N–H and O–H groups in total. The first-order chi connectivity index (χ1) is 10.3. The lowest BCUT2D eigenvalue weighted by Gasteiger charge is -2.36. The highest BCUT2D eigenvalue weighted by Gasteiger charge is 2.21. The summed E-state index contributed by atoms with van der Waals surface area (Å²) in [5, 5.41) is 13.4. The number of hydrogen-bond acceptors (Lipinski definition) is 4. The molecule has 0 spiro atoms. The number of aliphatic hydroxyl groups excluding tert-OH is 1. The third kappa shape index (κ3) is 4.10. The van der Waals surface area contributed by atoms with Crippen LogP contribution in [-0.2, 0) is 6.54 Å². The fourth-order valence-electron chi connectivity index (χ4n) is 2.82. The summed E-state index contributed by atoms with van der Waals surface area (Å²) < 4.78 is 0. The van der Waals surface area contributed by atoms with Crippen LogP contribution in [0.2, 0.25) is 5.02 Å². The highest BCUT2D eigenvalue weighted by molar-refractivity contribution is 6.33. The van der Waals surface area contributed by atoms with Crippen LogP contribution < -0.4 is 10.2 Å². The molecule has 4 nitrogen and oxygen atoms in total. The normalized spacial score (nSPS) is 20.0. The minimum Gasteiger partial charge on any atom is -0.395 e. The molecule has 1 saturated carbocycles. The Morgan fingerprint density at radius 1 is 1.19 bits per heavy atom. The average molecular weight is 310 g/mol. The summed E-state index contributed by atoms with van der Waals surface area (Å²) in [6, 6.07) is 7.14. The lowest BCUT2D eigenvalue weighted by molar-refractivity contribution is 0.189. The van der Waals surface area contributed by atoms with Crippen LogP contribution in [0.25, 0.3) is 0 Å². The van der Waals surface area contributed by atoms with Gasteiger partial charge < -0.3 is 15.3 Å². The van der Waals surface area contributed by atoms with Crippen molar-refractivity contribution in [2.24, 2.45) is 0 Å². The van der Waals surface area contributed by atoms with Crippen molar-refractivity contribution in [1.29, 1.82) is 0 Å². The molecule has 0 atom stereocenters. The summed E-state index contributed by atoms with van der Waals surface area (Å²) in [5.41, 5.74) is 2.39. The van der Waals surface area contributed by atoms with Gasteiger partial charge in [-0.1, -0.05) is 17.7 Å². The van der Waals surface area contributed by atoms with E-state index in [4.69, 9.17) is 16.7 Å². The average Bonchev–Trinajstić information content (AvgIpc) is 3.31. The Kier molecular flexibility index (Phi) is 5.01. The van der Waals surface area contributed by atoms with Gasteiger partial charge in [0.05, 0.1) is 17.3 Å². The fraction of sp³-hybridized carbons (Fsp3) is 0.625. The summed E-state index contributed by atoms with van der Waals surface area (Å²) in [7, 11) is 0. The molecule has 5 heteroatoms. The molecular weight excluding hydrogens is 286 g/mol. The topological polar surface area (TPSA) is 38.7 Å². The monoisotopic (exact) mass is 309 g/mol. The van der Waals surface area contributed by atoms with E-state index < -0.39 is 0 Å². The maximum Gasteiger partial charge on any atom is 0.0642 e. The van der Waals surface area contributed by atoms with Crippen LogP contribution in [-0.4, -0.2) is 55.4 Å². The molecule has 0 radical (unpaired) electrons. The first-order valence-corrected chi connectivity index (χ1v) is 8.24. The molecule has 1 aliphatic carbocycles. The number of piperazine rings is 1. The van der Waals surface area contributed by atoms with Crippen LogP contribution in [0.1, 0.15) is 18.4 Å². The maximum absolute atomic E-state index is 8.99. The largest absolute Gasteiger partial charge is 0.395 e. The Morgan fingerprint density at radius 2 is 1.95 bits per heavy atom. The number of nitrogens with one attached hydrogen (secondary N) is 1. The van der Waals surface area contributed by atoms with Gasteiger partial charge in [0.25, 0.3) is 0 Å². The Labute approximate surface area is 131 Å². The molecule has 0 unspecified atom stereocenters. The maximum atomic E-state index is 8.99. The standard InChI is InChI=1S/C16H24ClN3O/c17-15-11-13(12-18-14-2-3-14)1-4-16(15)20-7-5-19(6-8-20)9-10-21/h1,4,11,14,18,21H,2-3,5-10,12H2. The van der Waals surface area contributed by atoms with E-state index in [9.17, 15) is 0 Å². The fourth-order valence-corrected chi connectivity index (χ4v) is 3.14. The van der Waals surface area contributed by atoms with Crippen molar-refractivity contribution >= 4 is 17.3 Å². The minimum absolute atomic E-state index is 0.240. The van der Waals surface area contributed by atoms with Crippen molar-refractivity contribution in [2.75, 3.05) is 44.2 Å². The number of halogens is 1. The summed E-state index contributed by atoms with van der Waals surface area (Å²) in [6.07, 6.45) is 2.62. The van der Waals surface area contributed by atoms with E-state index in [2.05, 4.69) is 33.3 Å². The Balaban J connectivity index is 1.57. The van der Waals surface area contributed by atoms with Gasteiger partial charge in [-0.25, -0.2) is 0 Å². The Morgan fingerprint density at radius 3 is 2.57 bits per heavy atom. The van der Waals surface area contributed by atoms with Gasteiger partial charge in [-0.2, -0.15) is 0 Å². The number of β-amino-alcohol motifs (C(OH)–C–C–N with tert-alkyl or cyclic N) is 1. The number of hydrogen-bond donors (Lipinski definition) is 2. The molecule has 0 aromatic heterocycles. The highest BCUT2D eigenvalue weighted by atomic mass is 35.5. The number of aliphatic hydroxyl groups is 1. The Hall–Kier alpha value is -0.810. The number of rotatable bonds is 6. The summed E-state index contributed by atoms with van der Waals surface area (Å²) in [6.45, 7) is 5.84. The van der Waals surface area contributed by atoms with Crippen LogP contribution in [0.15, 0.2) is 18.2 Å². The van der Waals surface area contributed by atoms with Gasteiger partial charge in [-0.05, 0) is 30.5 Å². The van der Waals surface area contributed by atoms with Crippen molar-refractivity contribution in [2.45, 2.75) is 25.4 Å². The quantitative estimate of drug-likeness (QED) is 0.839. The molecule has 0 amide bonds. The molecule has 2 fully saturated rings. The second kappa shape index (κ2) is 6.97. The lowest BCUT2D eigenvalue weighted by atomic mass is 10.1. The zero-order chi connectivity index (χ0) is 14.7. The number of anilines is 1. The zero-order valence-electron chi connectivity index (χ0n) is 12.4. The number of nitrogens with zero attached hydrogens (tertiary/aromatic N) is 2. The lowest BCUT2D eigenvalue weighted by Crippen LogP contribution is -2.47. The molecule has 1 aromatic rings. The van der Waals surface area contributed by atoms with Gasteiger partial charge in [0, 0.05) is 45.3 Å². The molecule has 2 aliphatic rings. The molecule has 116 valence electrons. The molecule has 1 saturated heterocycles. The van der Waals surface area contributed by atoms with Gasteiger partial charge in [0.1, 0.15) is 0 Å². The van der Waals surface area contributed by atoms with E-state index in [1.807, 2.05) is 0 Å². The van der Waals surface area contributed by atoms with Crippen molar-refractivity contribution in [3.63, 3.8) is 0 Å². The van der Waals surface area contributed by atoms with E-state index >= 15 is 0 Å². The molecule has 21 heavy (non-hydrogen) atoms. The van der Waals surface area contributed by atoms with Crippen molar-refractivity contribution in [3.05, 3.63) is 28.8 Å². The molecule has 1 aromatic carbocycles. The van der Waals surface area contributed by atoms with E-state index in [0.717, 1.165) is 56.0 Å². The highest BCUT2D eigenvalue weighted by Crippen LogP contribution is 2.28. The molecule has 1 aliphatic heterocycles. The van der Waals surface area contributed by atoms with Gasteiger partial charge in [0.2, 0.25) is 0 Å². The van der Waals surface area contributed by atoms with Crippen molar-refractivity contribution < 1.29 is 5.11 Å². The van der Waals surface area contributed by atoms with E-state index in [0.29, 0.717) is 0 Å². The molecule has 1 heterocycles. The second-order valence-electron chi connectivity index (χ2n) is 5.99. The van der Waals surface area contributed by atoms with Crippen LogP contribution in [0, 0.1) is 0 Å². The van der Waals surface area contributed by atoms with E-state index in [1.54, 1.807) is 0 Å². The van der Waals surface area contributed by atoms with Gasteiger partial charge in [-0.3, -0.25) is 4.90 Å². The predicted molar refractivity (Wildman–Crippen MR) is 87.1 cm³/mol. The zero-order valence-corrected chi connectivity index (χ0v) is 13.1. The number of benzene rings is 1. The van der Waals surface area contributed by atoms with Crippen molar-refractivity contribution in [1.82, 2.24) is 10.2 Å². The Bertz CT molecular complexity index is 471. The second-order valence-corrected chi connectivity index (χ2v) is 6.40. The van der Waals surface area contributed by atoms with Gasteiger partial charge >= 0.3 is 0 Å². The van der Waals surface area contributed by atoms with E-state index in [1.165, 1.54) is 18.4 Å². The third-order valence-electron chi connectivity index (χ3n) is 4.31. The summed E-state index contributed by atoms with van der Waals surface area (Å²) in [4.78, 5) is 4.63. The van der Waals surface area contributed by atoms with E-state index in [-0.39, 0.29) is 6.61 Å². The molecule has 3 rings (SSSR count). The molecular formula is C16H24ClN3O. The van der Waals surface area contributed by atoms with Crippen LogP contribution in [0.3, 0.4) is 0 Å². The van der Waals surface area contributed by atoms with Gasteiger partial charge in [-0.15, -0.1) is 0 Å². The third-order valence-corrected chi connectivity index (χ3v) is 4.62. The van der Waals surface area contributed by atoms with Crippen LogP contribution in [0.4, 0.5) is 5.69 Å². The first kappa shape index (κ1) is 15.1. The molecule has 0 bridgehead atoms. The summed E-state index contributed by atoms with van der Waals surface area (Å²) in [5.74, 6) is 0. The summed E-state index contributed by atoms with van der Waals surface area (Å²) >= 11 is 6.47. The minimum atomic E-state index is 0.240. The van der Waals surface area contributed by atoms with Crippen LogP contribution in [0.5, 0.6) is 0 Å². The van der Waals surface area contributed by atoms with Gasteiger partial charge in [0.15, 0.2) is 0 Å². The first-order valence-electron chi connectivity index (χ1n) is 7.86. The SMILES string of the molecule is OCCN1CCN(c2ccc(CNC3CC3)cc2Cl)CC1. The smallest absolute Gasteiger partial charge is 0.0642 e.